The van der Waals surface area contributed by atoms with Crippen molar-refractivity contribution in [3.8, 4) is 0 Å². The number of hydrogen-bond acceptors (Lipinski definition) is 3. The van der Waals surface area contributed by atoms with E-state index in [1.54, 1.807) is 0 Å². The highest BCUT2D eigenvalue weighted by Gasteiger charge is 2.11. The zero-order valence-electron chi connectivity index (χ0n) is 7.25. The molecule has 0 saturated heterocycles. The van der Waals surface area contributed by atoms with Gasteiger partial charge in [-0.2, -0.15) is 0 Å². The zero-order valence-corrected chi connectivity index (χ0v) is 8.82. The van der Waals surface area contributed by atoms with E-state index in [-0.39, 0.29) is 11.1 Å². The summed E-state index contributed by atoms with van der Waals surface area (Å²) in [4.78, 5) is 11.7. The molecule has 14 heavy (non-hydrogen) atoms. The number of hydrogen-bond donors (Lipinski definition) is 2. The maximum Gasteiger partial charge on any atom is 0.256 e. The highest BCUT2D eigenvalue weighted by atomic mass is 35.5. The van der Waals surface area contributed by atoms with Crippen molar-refractivity contribution in [3.63, 3.8) is 0 Å². The summed E-state index contributed by atoms with van der Waals surface area (Å²) in [6, 6.07) is 1.50. The molecule has 0 aliphatic carbocycles. The molecule has 0 atom stereocenters. The third-order valence-corrected chi connectivity index (χ3v) is 2.02. The van der Waals surface area contributed by atoms with Crippen molar-refractivity contribution < 1.29 is 9.21 Å². The van der Waals surface area contributed by atoms with Crippen LogP contribution in [0.5, 0.6) is 0 Å². The van der Waals surface area contributed by atoms with Gasteiger partial charge in [0.2, 0.25) is 5.22 Å². The van der Waals surface area contributed by atoms with Crippen LogP contribution in [0.25, 0.3) is 0 Å². The molecule has 1 aromatic rings. The summed E-state index contributed by atoms with van der Waals surface area (Å²) in [5.74, 6) is -0.292. The first kappa shape index (κ1) is 11.0. The molecule has 1 aromatic heterocycles. The lowest BCUT2D eigenvalue weighted by Gasteiger charge is -2.01. The highest BCUT2D eigenvalue weighted by Crippen LogP contribution is 2.15. The number of nitrogens with one attached hydrogen (secondary N) is 1. The molecule has 76 valence electrons. The third-order valence-electron chi connectivity index (χ3n) is 1.52. The maximum absolute atomic E-state index is 11.4. The predicted molar refractivity (Wildman–Crippen MR) is 57.5 cm³/mol. The van der Waals surface area contributed by atoms with Crippen molar-refractivity contribution in [1.29, 1.82) is 0 Å². The van der Waals surface area contributed by atoms with E-state index in [4.69, 9.17) is 21.8 Å². The minimum atomic E-state index is -0.292. The average Bonchev–Trinajstić information content (AvgIpc) is 2.50. The first-order valence-corrected chi connectivity index (χ1v) is 4.69. The Hall–Kier alpha value is -1.07. The van der Waals surface area contributed by atoms with Crippen LogP contribution in [-0.4, -0.2) is 17.4 Å². The molecular weight excluding hydrogens is 224 g/mol. The Balaban J connectivity index is 2.44. The highest BCUT2D eigenvalue weighted by molar-refractivity contribution is 7.80. The van der Waals surface area contributed by atoms with Gasteiger partial charge in [-0.3, -0.25) is 4.79 Å². The minimum absolute atomic E-state index is 0.0813. The fraction of sp³-hybridized carbons (Fsp3) is 0.250. The molecule has 4 nitrogen and oxygen atoms in total. The Bertz CT molecular complexity index is 351. The molecule has 3 N–H and O–H groups in total. The van der Waals surface area contributed by atoms with Crippen LogP contribution in [-0.2, 0) is 0 Å². The van der Waals surface area contributed by atoms with Crippen molar-refractivity contribution in [1.82, 2.24) is 5.32 Å². The van der Waals surface area contributed by atoms with E-state index < -0.39 is 0 Å². The smallest absolute Gasteiger partial charge is 0.256 e. The van der Waals surface area contributed by atoms with Gasteiger partial charge in [-0.05, 0) is 17.7 Å². The molecule has 0 saturated carbocycles. The predicted octanol–water partition coefficient (Wildman–Crippen LogP) is 1.34. The van der Waals surface area contributed by atoms with Gasteiger partial charge in [0, 0.05) is 13.0 Å². The topological polar surface area (TPSA) is 68.3 Å². The quantitative estimate of drug-likeness (QED) is 0.769. The lowest BCUT2D eigenvalue weighted by atomic mass is 10.3. The van der Waals surface area contributed by atoms with Crippen LogP contribution in [0.15, 0.2) is 16.7 Å². The van der Waals surface area contributed by atoms with Crippen LogP contribution in [0, 0.1) is 0 Å². The largest absolute Gasteiger partial charge is 0.452 e. The van der Waals surface area contributed by atoms with E-state index in [1.165, 1.54) is 12.3 Å². The van der Waals surface area contributed by atoms with Crippen molar-refractivity contribution >= 4 is 34.7 Å². The summed E-state index contributed by atoms with van der Waals surface area (Å²) >= 11 is 10.3. The first-order chi connectivity index (χ1) is 6.61. The average molecular weight is 233 g/mol. The molecule has 0 radical (unpaired) electrons. The summed E-state index contributed by atoms with van der Waals surface area (Å²) in [6.45, 7) is 0.398. The first-order valence-electron chi connectivity index (χ1n) is 3.90. The fourth-order valence-corrected chi connectivity index (χ4v) is 1.15. The second kappa shape index (κ2) is 4.97. The Morgan fingerprint density at radius 1 is 1.71 bits per heavy atom. The molecule has 0 unspecified atom stereocenters. The number of carbonyl (C=O) groups excluding carboxylic acids is 1. The number of carbonyl (C=O) groups is 1. The fourth-order valence-electron chi connectivity index (χ4n) is 0.850. The van der Waals surface area contributed by atoms with Crippen LogP contribution in [0.2, 0.25) is 5.22 Å². The summed E-state index contributed by atoms with van der Waals surface area (Å²) < 4.78 is 4.77. The van der Waals surface area contributed by atoms with Gasteiger partial charge in [0.25, 0.3) is 5.91 Å². The Kier molecular flexibility index (Phi) is 3.91. The monoisotopic (exact) mass is 232 g/mol. The van der Waals surface area contributed by atoms with Crippen LogP contribution >= 0.6 is 23.8 Å². The summed E-state index contributed by atoms with van der Waals surface area (Å²) in [7, 11) is 0. The molecule has 0 fully saturated rings. The molecule has 0 aromatic carbocycles. The van der Waals surface area contributed by atoms with Gasteiger partial charge in [0.1, 0.15) is 0 Å². The number of amides is 1. The molecule has 1 rings (SSSR count). The van der Waals surface area contributed by atoms with Gasteiger partial charge in [-0.25, -0.2) is 0 Å². The van der Waals surface area contributed by atoms with Crippen LogP contribution < -0.4 is 11.1 Å². The van der Waals surface area contributed by atoms with Gasteiger partial charge in [-0.1, -0.05) is 12.2 Å². The second-order valence-corrected chi connectivity index (χ2v) is 3.45. The van der Waals surface area contributed by atoms with Crippen molar-refractivity contribution in [2.24, 2.45) is 5.73 Å². The minimum Gasteiger partial charge on any atom is -0.452 e. The van der Waals surface area contributed by atoms with Crippen LogP contribution in [0.4, 0.5) is 0 Å². The standard InChI is InChI=1S/C8H9ClN2O2S/c9-7-5(2-4-13-7)8(12)11-3-1-6(10)14/h2,4H,1,3H2,(H2,10,14)(H,11,12). The molecule has 0 aliphatic rings. The number of thiocarbonyl (C=S) groups is 1. The van der Waals surface area contributed by atoms with E-state index >= 15 is 0 Å². The van der Waals surface area contributed by atoms with Gasteiger partial charge >= 0.3 is 0 Å². The number of furan rings is 1. The van der Waals surface area contributed by atoms with Crippen LogP contribution in [0.1, 0.15) is 16.8 Å². The molecular formula is C8H9ClN2O2S. The van der Waals surface area contributed by atoms with Gasteiger partial charge in [0.15, 0.2) is 0 Å². The van der Waals surface area contributed by atoms with E-state index in [0.717, 1.165) is 0 Å². The molecule has 0 spiro atoms. The summed E-state index contributed by atoms with van der Waals surface area (Å²) in [5.41, 5.74) is 5.58. The van der Waals surface area contributed by atoms with E-state index in [9.17, 15) is 4.79 Å². The maximum atomic E-state index is 11.4. The lowest BCUT2D eigenvalue weighted by Crippen LogP contribution is -2.27. The Labute approximate surface area is 91.4 Å². The number of halogens is 1. The van der Waals surface area contributed by atoms with Crippen molar-refractivity contribution in [3.05, 3.63) is 23.1 Å². The van der Waals surface area contributed by atoms with Gasteiger partial charge in [0.05, 0.1) is 16.8 Å². The van der Waals surface area contributed by atoms with Gasteiger partial charge in [-0.15, -0.1) is 0 Å². The molecule has 1 amide bonds. The Morgan fingerprint density at radius 2 is 2.43 bits per heavy atom. The summed E-state index contributed by atoms with van der Waals surface area (Å²) in [6.07, 6.45) is 1.82. The summed E-state index contributed by atoms with van der Waals surface area (Å²) in [5, 5.41) is 2.69. The normalized spacial score (nSPS) is 9.79. The third kappa shape index (κ3) is 3.01. The van der Waals surface area contributed by atoms with E-state index in [0.29, 0.717) is 23.5 Å². The Morgan fingerprint density at radius 3 is 2.93 bits per heavy atom. The molecule has 0 bridgehead atoms. The zero-order chi connectivity index (χ0) is 10.6. The van der Waals surface area contributed by atoms with Crippen molar-refractivity contribution in [2.45, 2.75) is 6.42 Å². The molecule has 0 aliphatic heterocycles. The second-order valence-electron chi connectivity index (χ2n) is 2.58. The van der Waals surface area contributed by atoms with Crippen LogP contribution in [0.3, 0.4) is 0 Å². The molecule has 6 heteroatoms. The lowest BCUT2D eigenvalue weighted by molar-refractivity contribution is 0.0954. The van der Waals surface area contributed by atoms with E-state index in [1.807, 2.05) is 0 Å². The number of nitrogens with two attached hydrogens (primary N) is 1. The van der Waals surface area contributed by atoms with Crippen molar-refractivity contribution in [2.75, 3.05) is 6.54 Å². The number of rotatable bonds is 4. The SMILES string of the molecule is NC(=S)CCNC(=O)c1ccoc1Cl. The van der Waals surface area contributed by atoms with E-state index in [2.05, 4.69) is 17.5 Å². The molecule has 1 heterocycles. The van der Waals surface area contributed by atoms with Gasteiger partial charge < -0.3 is 15.5 Å².